The Morgan fingerprint density at radius 2 is 2.12 bits per heavy atom. The number of aliphatic hydroxyl groups excluding tert-OH is 2. The summed E-state index contributed by atoms with van der Waals surface area (Å²) in [6.45, 7) is 1.65. The summed E-state index contributed by atoms with van der Waals surface area (Å²) >= 11 is 1.59. The zero-order chi connectivity index (χ0) is 12.4. The number of aliphatic hydroxyl groups is 2. The van der Waals surface area contributed by atoms with Crippen molar-refractivity contribution in [1.82, 2.24) is 4.98 Å². The Hall–Kier alpha value is -1.37. The molecule has 0 fully saturated rings. The molecule has 5 nitrogen and oxygen atoms in total. The predicted octanol–water partition coefficient (Wildman–Crippen LogP) is 0.952. The number of thiazole rings is 1. The van der Waals surface area contributed by atoms with Gasteiger partial charge in [0.1, 0.15) is 0 Å². The van der Waals surface area contributed by atoms with Crippen LogP contribution in [0.4, 0.5) is 11.4 Å². The summed E-state index contributed by atoms with van der Waals surface area (Å²) in [5.74, 6) is 0. The van der Waals surface area contributed by atoms with Gasteiger partial charge in [-0.05, 0) is 19.1 Å². The molecule has 0 aliphatic heterocycles. The number of hydrogen-bond acceptors (Lipinski definition) is 6. The minimum atomic E-state index is -0.408. The van der Waals surface area contributed by atoms with Gasteiger partial charge in [-0.2, -0.15) is 0 Å². The van der Waals surface area contributed by atoms with E-state index in [-0.39, 0.29) is 13.2 Å². The van der Waals surface area contributed by atoms with Gasteiger partial charge in [0.05, 0.1) is 45.9 Å². The highest BCUT2D eigenvalue weighted by Gasteiger charge is 2.10. The molecule has 0 saturated carbocycles. The molecule has 2 aromatic rings. The Kier molecular flexibility index (Phi) is 3.46. The molecule has 1 aromatic carbocycles. The lowest BCUT2D eigenvalue weighted by Gasteiger charge is -2.16. The Bertz CT molecular complexity index is 523. The fourth-order valence-electron chi connectivity index (χ4n) is 1.60. The molecule has 0 unspecified atom stereocenters. The van der Waals surface area contributed by atoms with Crippen molar-refractivity contribution < 1.29 is 10.2 Å². The van der Waals surface area contributed by atoms with Crippen LogP contribution in [0.2, 0.25) is 0 Å². The molecule has 92 valence electrons. The van der Waals surface area contributed by atoms with Crippen LogP contribution in [0.5, 0.6) is 0 Å². The molecule has 0 aliphatic carbocycles. The SMILES string of the molecule is Cc1nc2cc(NC(CO)CO)c(N)cc2s1. The van der Waals surface area contributed by atoms with E-state index in [4.69, 9.17) is 15.9 Å². The lowest BCUT2D eigenvalue weighted by Crippen LogP contribution is -2.28. The van der Waals surface area contributed by atoms with Crippen LogP contribution < -0.4 is 11.1 Å². The second-order valence-corrected chi connectivity index (χ2v) is 5.08. The standard InChI is InChI=1S/C11H15N3O2S/c1-6-13-10-3-9(14-7(4-15)5-16)8(12)2-11(10)17-6/h2-3,7,14-16H,4-5,12H2,1H3. The van der Waals surface area contributed by atoms with Crippen LogP contribution >= 0.6 is 11.3 Å². The number of nitrogens with zero attached hydrogens (tertiary/aromatic N) is 1. The lowest BCUT2D eigenvalue weighted by molar-refractivity contribution is 0.204. The van der Waals surface area contributed by atoms with Crippen molar-refractivity contribution in [1.29, 1.82) is 0 Å². The van der Waals surface area contributed by atoms with Crippen LogP contribution in [0.15, 0.2) is 12.1 Å². The lowest BCUT2D eigenvalue weighted by atomic mass is 10.2. The van der Waals surface area contributed by atoms with Crippen LogP contribution in [0, 0.1) is 6.92 Å². The van der Waals surface area contributed by atoms with Crippen molar-refractivity contribution in [3.8, 4) is 0 Å². The molecule has 0 atom stereocenters. The average molecular weight is 253 g/mol. The molecule has 0 radical (unpaired) electrons. The Morgan fingerprint density at radius 3 is 2.76 bits per heavy atom. The maximum atomic E-state index is 9.02. The summed E-state index contributed by atoms with van der Waals surface area (Å²) in [6, 6.07) is 3.29. The van der Waals surface area contributed by atoms with E-state index in [1.165, 1.54) is 0 Å². The van der Waals surface area contributed by atoms with Gasteiger partial charge in [0.2, 0.25) is 0 Å². The van der Waals surface area contributed by atoms with Gasteiger partial charge in [-0.25, -0.2) is 4.98 Å². The molecule has 0 aliphatic rings. The Labute approximate surface area is 103 Å². The zero-order valence-corrected chi connectivity index (χ0v) is 10.3. The molecule has 5 N–H and O–H groups in total. The van der Waals surface area contributed by atoms with E-state index in [0.29, 0.717) is 11.4 Å². The fraction of sp³-hybridized carbons (Fsp3) is 0.364. The van der Waals surface area contributed by atoms with Crippen molar-refractivity contribution in [2.75, 3.05) is 24.3 Å². The monoisotopic (exact) mass is 253 g/mol. The van der Waals surface area contributed by atoms with Crippen molar-refractivity contribution in [2.24, 2.45) is 0 Å². The van der Waals surface area contributed by atoms with E-state index >= 15 is 0 Å². The van der Waals surface area contributed by atoms with E-state index < -0.39 is 6.04 Å². The Morgan fingerprint density at radius 1 is 1.41 bits per heavy atom. The normalized spacial score (nSPS) is 11.3. The van der Waals surface area contributed by atoms with Gasteiger partial charge in [0.25, 0.3) is 0 Å². The van der Waals surface area contributed by atoms with Crippen LogP contribution in [0.3, 0.4) is 0 Å². The third-order valence-corrected chi connectivity index (χ3v) is 3.40. The first-order valence-corrected chi connectivity index (χ1v) is 6.10. The molecule has 0 spiro atoms. The van der Waals surface area contributed by atoms with Gasteiger partial charge in [-0.15, -0.1) is 11.3 Å². The topological polar surface area (TPSA) is 91.4 Å². The summed E-state index contributed by atoms with van der Waals surface area (Å²) < 4.78 is 1.04. The molecule has 0 saturated heterocycles. The first-order valence-electron chi connectivity index (χ1n) is 5.29. The van der Waals surface area contributed by atoms with Gasteiger partial charge in [-0.3, -0.25) is 0 Å². The second-order valence-electron chi connectivity index (χ2n) is 3.85. The number of nitrogens with one attached hydrogen (secondary N) is 1. The van der Waals surface area contributed by atoms with Gasteiger partial charge >= 0.3 is 0 Å². The Balaban J connectivity index is 2.36. The number of aromatic nitrogens is 1. The first kappa shape index (κ1) is 12.1. The number of nitrogen functional groups attached to an aromatic ring is 1. The predicted molar refractivity (Wildman–Crippen MR) is 70.4 cm³/mol. The van der Waals surface area contributed by atoms with E-state index in [2.05, 4.69) is 10.3 Å². The number of anilines is 2. The third-order valence-electron chi connectivity index (χ3n) is 2.47. The largest absolute Gasteiger partial charge is 0.397 e. The molecular weight excluding hydrogens is 238 g/mol. The molecule has 1 heterocycles. The summed E-state index contributed by atoms with van der Waals surface area (Å²) in [5.41, 5.74) is 8.06. The van der Waals surface area contributed by atoms with Crippen molar-refractivity contribution >= 4 is 32.9 Å². The van der Waals surface area contributed by atoms with E-state index in [1.807, 2.05) is 19.1 Å². The average Bonchev–Trinajstić information content (AvgIpc) is 2.65. The van der Waals surface area contributed by atoms with Crippen molar-refractivity contribution in [2.45, 2.75) is 13.0 Å². The minimum Gasteiger partial charge on any atom is -0.397 e. The third kappa shape index (κ3) is 2.49. The number of rotatable bonds is 4. The minimum absolute atomic E-state index is 0.149. The first-order chi connectivity index (χ1) is 8.13. The number of nitrogens with two attached hydrogens (primary N) is 1. The van der Waals surface area contributed by atoms with Crippen LogP contribution in [-0.4, -0.2) is 34.5 Å². The highest BCUT2D eigenvalue weighted by atomic mass is 32.1. The molecule has 17 heavy (non-hydrogen) atoms. The molecule has 1 aromatic heterocycles. The number of fused-ring (bicyclic) bond motifs is 1. The summed E-state index contributed by atoms with van der Waals surface area (Å²) in [5, 5.41) is 22.0. The molecule has 2 rings (SSSR count). The maximum Gasteiger partial charge on any atom is 0.0907 e. The highest BCUT2D eigenvalue weighted by Crippen LogP contribution is 2.29. The zero-order valence-electron chi connectivity index (χ0n) is 9.47. The quantitative estimate of drug-likeness (QED) is 0.609. The fourth-order valence-corrected chi connectivity index (χ4v) is 2.46. The van der Waals surface area contributed by atoms with E-state index in [9.17, 15) is 0 Å². The number of hydrogen-bond donors (Lipinski definition) is 4. The summed E-state index contributed by atoms with van der Waals surface area (Å²) in [4.78, 5) is 4.37. The van der Waals surface area contributed by atoms with Crippen LogP contribution in [0.1, 0.15) is 5.01 Å². The van der Waals surface area contributed by atoms with Gasteiger partial charge in [-0.1, -0.05) is 0 Å². The van der Waals surface area contributed by atoms with Gasteiger partial charge in [0.15, 0.2) is 0 Å². The smallest absolute Gasteiger partial charge is 0.0907 e. The second kappa shape index (κ2) is 4.87. The summed E-state index contributed by atoms with van der Waals surface area (Å²) in [6.07, 6.45) is 0. The maximum absolute atomic E-state index is 9.02. The summed E-state index contributed by atoms with van der Waals surface area (Å²) in [7, 11) is 0. The molecule has 0 bridgehead atoms. The highest BCUT2D eigenvalue weighted by molar-refractivity contribution is 7.18. The van der Waals surface area contributed by atoms with E-state index in [1.54, 1.807) is 11.3 Å². The van der Waals surface area contributed by atoms with Crippen LogP contribution in [0.25, 0.3) is 10.2 Å². The number of benzene rings is 1. The van der Waals surface area contributed by atoms with Gasteiger partial charge in [0, 0.05) is 0 Å². The van der Waals surface area contributed by atoms with E-state index in [0.717, 1.165) is 15.2 Å². The number of aryl methyl sites for hydroxylation is 1. The molecular formula is C11H15N3O2S. The van der Waals surface area contributed by atoms with Crippen molar-refractivity contribution in [3.05, 3.63) is 17.1 Å². The molecule has 0 amide bonds. The molecule has 6 heteroatoms. The van der Waals surface area contributed by atoms with Crippen molar-refractivity contribution in [3.63, 3.8) is 0 Å². The van der Waals surface area contributed by atoms with Gasteiger partial charge < -0.3 is 21.3 Å². The van der Waals surface area contributed by atoms with Crippen LogP contribution in [-0.2, 0) is 0 Å².